The number of hydrogen-bond donors (Lipinski definition) is 0. The number of benzene rings is 1. The highest BCUT2D eigenvalue weighted by Gasteiger charge is 1.98. The minimum absolute atomic E-state index is 0.347. The second kappa shape index (κ2) is 3.25. The van der Waals surface area contributed by atoms with Crippen LogP contribution in [0, 0.1) is 11.3 Å². The number of rotatable bonds is 1. The second-order valence-corrected chi connectivity index (χ2v) is 2.30. The van der Waals surface area contributed by atoms with E-state index in [9.17, 15) is 4.55 Å². The number of hydrogen-bond acceptors (Lipinski definition) is 2. The first-order valence-electron chi connectivity index (χ1n) is 2.67. The maximum Gasteiger partial charge on any atom is 0.100 e. The molecule has 1 rings (SSSR count). The van der Waals surface area contributed by atoms with E-state index in [1.807, 2.05) is 6.07 Å². The molecule has 0 bridgehead atoms. The molecule has 0 fully saturated rings. The molecule has 0 spiro atoms. The van der Waals surface area contributed by atoms with Gasteiger partial charge in [0.15, 0.2) is 0 Å². The van der Waals surface area contributed by atoms with E-state index in [4.69, 9.17) is 5.26 Å². The van der Waals surface area contributed by atoms with Gasteiger partial charge in [-0.25, -0.2) is 0 Å². The highest BCUT2D eigenvalue weighted by molar-refractivity contribution is 7.93. The molecule has 0 aliphatic rings. The summed E-state index contributed by atoms with van der Waals surface area (Å²) in [6.45, 7) is 0. The third kappa shape index (κ3) is 1.29. The Morgan fingerprint density at radius 3 is 2.60 bits per heavy atom. The van der Waals surface area contributed by atoms with Gasteiger partial charge in [0.2, 0.25) is 0 Å². The van der Waals surface area contributed by atoms with E-state index in [1.54, 1.807) is 24.3 Å². The molecule has 0 atom stereocenters. The van der Waals surface area contributed by atoms with E-state index in [2.05, 4.69) is 0 Å². The third-order valence-corrected chi connectivity index (χ3v) is 1.63. The first-order chi connectivity index (χ1) is 4.88. The van der Waals surface area contributed by atoms with Crippen molar-refractivity contribution in [3.8, 4) is 6.07 Å². The lowest BCUT2D eigenvalue weighted by atomic mass is 10.2. The highest BCUT2D eigenvalue weighted by Crippen LogP contribution is 2.18. The molecule has 1 radical (unpaired) electrons. The first-order valence-corrected chi connectivity index (χ1v) is 3.41. The van der Waals surface area contributed by atoms with Crippen LogP contribution in [0.3, 0.4) is 0 Å². The van der Waals surface area contributed by atoms with Gasteiger partial charge in [-0.1, -0.05) is 12.1 Å². The summed E-state index contributed by atoms with van der Waals surface area (Å²) < 4.78 is 10.3. The van der Waals surface area contributed by atoms with Crippen LogP contribution in [0.15, 0.2) is 29.2 Å². The van der Waals surface area contributed by atoms with E-state index in [-0.39, 0.29) is 0 Å². The molecular weight excluding hydrogens is 146 g/mol. The molecule has 0 aliphatic carbocycles. The van der Waals surface area contributed by atoms with Gasteiger partial charge in [0, 0.05) is 0 Å². The van der Waals surface area contributed by atoms with Crippen molar-refractivity contribution < 1.29 is 4.55 Å². The zero-order valence-electron chi connectivity index (χ0n) is 5.07. The fraction of sp³-hybridized carbons (Fsp3) is 0. The van der Waals surface area contributed by atoms with Gasteiger partial charge < -0.3 is 0 Å². The van der Waals surface area contributed by atoms with Crippen LogP contribution >= 0.6 is 12.0 Å². The Kier molecular flexibility index (Phi) is 2.32. The molecule has 2 nitrogen and oxygen atoms in total. The van der Waals surface area contributed by atoms with Gasteiger partial charge in [0.05, 0.1) is 22.5 Å². The average molecular weight is 150 g/mol. The van der Waals surface area contributed by atoms with Crippen LogP contribution in [-0.4, -0.2) is 0 Å². The van der Waals surface area contributed by atoms with Crippen molar-refractivity contribution >= 4 is 12.0 Å². The SMILES string of the molecule is N#Cc1ccccc1S[O]. The topological polar surface area (TPSA) is 43.7 Å². The lowest BCUT2D eigenvalue weighted by Crippen LogP contribution is -1.76. The molecule has 0 unspecified atom stereocenters. The van der Waals surface area contributed by atoms with Crippen molar-refractivity contribution in [2.75, 3.05) is 0 Å². The van der Waals surface area contributed by atoms with Gasteiger partial charge in [-0.05, 0) is 12.1 Å². The Morgan fingerprint density at radius 1 is 1.40 bits per heavy atom. The van der Waals surface area contributed by atoms with Crippen LogP contribution < -0.4 is 0 Å². The summed E-state index contributed by atoms with van der Waals surface area (Å²) in [5.74, 6) is 0. The normalized spacial score (nSPS) is 8.80. The zero-order chi connectivity index (χ0) is 7.40. The molecule has 49 valence electrons. The second-order valence-electron chi connectivity index (χ2n) is 1.69. The molecule has 1 aromatic rings. The van der Waals surface area contributed by atoms with Crippen LogP contribution in [0.1, 0.15) is 5.56 Å². The summed E-state index contributed by atoms with van der Waals surface area (Å²) in [5, 5.41) is 8.45. The van der Waals surface area contributed by atoms with Gasteiger partial charge in [0.25, 0.3) is 0 Å². The van der Waals surface area contributed by atoms with Crippen LogP contribution in [-0.2, 0) is 4.55 Å². The molecule has 0 aromatic heterocycles. The summed E-state index contributed by atoms with van der Waals surface area (Å²) in [6, 6.07) is 8.66. The Bertz CT molecular complexity index is 267. The molecule has 0 heterocycles. The van der Waals surface area contributed by atoms with E-state index in [0.717, 1.165) is 0 Å². The van der Waals surface area contributed by atoms with E-state index in [0.29, 0.717) is 22.5 Å². The molecular formula is C7H4NOS. The van der Waals surface area contributed by atoms with E-state index >= 15 is 0 Å². The Morgan fingerprint density at radius 2 is 2.10 bits per heavy atom. The minimum atomic E-state index is 0.347. The smallest absolute Gasteiger partial charge is 0.100 e. The molecule has 10 heavy (non-hydrogen) atoms. The average Bonchev–Trinajstić information content (AvgIpc) is 2.04. The van der Waals surface area contributed by atoms with Crippen molar-refractivity contribution in [3.05, 3.63) is 29.8 Å². The van der Waals surface area contributed by atoms with Gasteiger partial charge in [0.1, 0.15) is 6.07 Å². The quantitative estimate of drug-likeness (QED) is 0.574. The molecule has 1 aromatic carbocycles. The lowest BCUT2D eigenvalue weighted by molar-refractivity contribution is 0.531. The van der Waals surface area contributed by atoms with Crippen molar-refractivity contribution in [2.45, 2.75) is 4.90 Å². The summed E-state index contributed by atoms with van der Waals surface area (Å²) in [7, 11) is 0. The van der Waals surface area contributed by atoms with Crippen molar-refractivity contribution in [1.82, 2.24) is 0 Å². The van der Waals surface area contributed by atoms with Gasteiger partial charge in [-0.15, -0.1) is 4.55 Å². The predicted octanol–water partition coefficient (Wildman–Crippen LogP) is 2.00. The summed E-state index contributed by atoms with van der Waals surface area (Å²) >= 11 is 0.347. The molecule has 3 heteroatoms. The molecule has 0 saturated carbocycles. The van der Waals surface area contributed by atoms with Gasteiger partial charge in [-0.2, -0.15) is 5.26 Å². The largest absolute Gasteiger partial charge is 0.192 e. The van der Waals surface area contributed by atoms with Crippen LogP contribution in [0.4, 0.5) is 0 Å². The van der Waals surface area contributed by atoms with Gasteiger partial charge in [-0.3, -0.25) is 0 Å². The summed E-state index contributed by atoms with van der Waals surface area (Å²) in [4.78, 5) is 0.491. The monoisotopic (exact) mass is 150 g/mol. The fourth-order valence-corrected chi connectivity index (χ4v) is 0.969. The molecule has 0 amide bonds. The van der Waals surface area contributed by atoms with Crippen LogP contribution in [0.5, 0.6) is 0 Å². The van der Waals surface area contributed by atoms with Gasteiger partial charge >= 0.3 is 0 Å². The van der Waals surface area contributed by atoms with Crippen molar-refractivity contribution in [3.63, 3.8) is 0 Å². The maximum absolute atomic E-state index is 10.3. The number of nitrogens with zero attached hydrogens (tertiary/aromatic N) is 1. The predicted molar refractivity (Wildman–Crippen MR) is 37.7 cm³/mol. The zero-order valence-corrected chi connectivity index (χ0v) is 5.89. The number of nitriles is 1. The van der Waals surface area contributed by atoms with E-state index in [1.165, 1.54) is 0 Å². The minimum Gasteiger partial charge on any atom is -0.192 e. The first kappa shape index (κ1) is 7.13. The summed E-state index contributed by atoms with van der Waals surface area (Å²) in [5.41, 5.74) is 0.447. The van der Waals surface area contributed by atoms with Crippen LogP contribution in [0.2, 0.25) is 0 Å². The molecule has 0 saturated heterocycles. The lowest BCUT2D eigenvalue weighted by Gasteiger charge is -1.92. The van der Waals surface area contributed by atoms with Crippen molar-refractivity contribution in [2.24, 2.45) is 0 Å². The Hall–Kier alpha value is -0.980. The van der Waals surface area contributed by atoms with Crippen molar-refractivity contribution in [1.29, 1.82) is 5.26 Å². The molecule has 0 N–H and O–H groups in total. The third-order valence-electron chi connectivity index (χ3n) is 1.10. The Labute approximate surface area is 63.3 Å². The van der Waals surface area contributed by atoms with Crippen LogP contribution in [0.25, 0.3) is 0 Å². The highest BCUT2D eigenvalue weighted by atomic mass is 32.2. The summed E-state index contributed by atoms with van der Waals surface area (Å²) in [6.07, 6.45) is 0. The Balaban J connectivity index is 3.12. The van der Waals surface area contributed by atoms with E-state index < -0.39 is 0 Å². The molecule has 0 aliphatic heterocycles. The standard InChI is InChI=1S/C7H4NOS/c8-5-6-3-1-2-4-7(6)10-9/h1-4H. The fourth-order valence-electron chi connectivity index (χ4n) is 0.632. The maximum atomic E-state index is 10.3.